The highest BCUT2D eigenvalue weighted by atomic mass is 35.5. The Morgan fingerprint density at radius 2 is 1.77 bits per heavy atom. The average Bonchev–Trinajstić information content (AvgIpc) is 3.52. The Balaban J connectivity index is 1.18. The highest BCUT2D eigenvalue weighted by Crippen LogP contribution is 2.37. The number of hydrogen-bond acceptors (Lipinski definition) is 8. The molecule has 1 amide bonds. The van der Waals surface area contributed by atoms with Gasteiger partial charge in [0.15, 0.2) is 5.13 Å². The molecule has 2 fully saturated rings. The van der Waals surface area contributed by atoms with Crippen molar-refractivity contribution < 1.29 is 17.9 Å². The number of anilines is 1. The first kappa shape index (κ1) is 24.8. The molecule has 12 heteroatoms. The monoisotopic (exact) mass is 554 g/mol. The number of carbonyl (C=O) groups is 1. The molecule has 0 radical (unpaired) electrons. The number of aromatic nitrogens is 1. The molecule has 2 aromatic heterocycles. The summed E-state index contributed by atoms with van der Waals surface area (Å²) in [6.07, 6.45) is 1.07. The van der Waals surface area contributed by atoms with Gasteiger partial charge < -0.3 is 14.5 Å². The third-order valence-corrected chi connectivity index (χ3v) is 11.6. The van der Waals surface area contributed by atoms with Crippen LogP contribution in [0.2, 0.25) is 4.34 Å². The zero-order valence-corrected chi connectivity index (χ0v) is 22.8. The number of piperidine rings is 1. The molecular weight excluding hydrogens is 528 g/mol. The molecule has 0 unspecified atom stereocenters. The average molecular weight is 555 g/mol. The zero-order chi connectivity index (χ0) is 24.7. The fourth-order valence-electron chi connectivity index (χ4n) is 4.68. The van der Waals surface area contributed by atoms with Crippen molar-refractivity contribution in [2.24, 2.45) is 5.92 Å². The number of hydrogen-bond donors (Lipinski definition) is 0. The van der Waals surface area contributed by atoms with Gasteiger partial charge in [-0.25, -0.2) is 13.4 Å². The first-order valence-corrected chi connectivity index (χ1v) is 15.0. The van der Waals surface area contributed by atoms with Gasteiger partial charge in [-0.1, -0.05) is 29.0 Å². The third-order valence-electron chi connectivity index (χ3n) is 6.72. The van der Waals surface area contributed by atoms with E-state index in [-0.39, 0.29) is 16.0 Å². The van der Waals surface area contributed by atoms with Crippen molar-refractivity contribution in [2.45, 2.75) is 24.0 Å². The largest absolute Gasteiger partial charge is 0.494 e. The summed E-state index contributed by atoms with van der Waals surface area (Å²) in [5, 5.41) is 0.951. The van der Waals surface area contributed by atoms with Crippen LogP contribution in [0, 0.1) is 12.8 Å². The predicted molar refractivity (Wildman–Crippen MR) is 141 cm³/mol. The third kappa shape index (κ3) is 4.76. The van der Waals surface area contributed by atoms with Gasteiger partial charge in [0.1, 0.15) is 15.5 Å². The van der Waals surface area contributed by atoms with Crippen molar-refractivity contribution in [3.63, 3.8) is 0 Å². The maximum absolute atomic E-state index is 13.2. The molecule has 0 aliphatic carbocycles. The number of benzene rings is 1. The molecule has 35 heavy (non-hydrogen) atoms. The molecule has 188 valence electrons. The van der Waals surface area contributed by atoms with E-state index >= 15 is 0 Å². The summed E-state index contributed by atoms with van der Waals surface area (Å²) in [4.78, 5) is 22.2. The van der Waals surface area contributed by atoms with Crippen molar-refractivity contribution >= 4 is 65.6 Å². The number of amides is 1. The summed E-state index contributed by atoms with van der Waals surface area (Å²) in [6, 6.07) is 7.14. The number of aryl methyl sites for hydroxylation is 1. The lowest BCUT2D eigenvalue weighted by Crippen LogP contribution is -2.52. The van der Waals surface area contributed by atoms with Gasteiger partial charge in [0.05, 0.1) is 16.1 Å². The number of ether oxygens (including phenoxy) is 1. The molecule has 8 nitrogen and oxygen atoms in total. The van der Waals surface area contributed by atoms with Crippen molar-refractivity contribution in [1.82, 2.24) is 14.2 Å². The lowest BCUT2D eigenvalue weighted by atomic mass is 9.96. The molecule has 2 saturated heterocycles. The lowest BCUT2D eigenvalue weighted by Gasteiger charge is -2.38. The van der Waals surface area contributed by atoms with Gasteiger partial charge in [-0.05, 0) is 43.5 Å². The molecule has 2 aliphatic rings. The second-order valence-corrected chi connectivity index (χ2v) is 13.7. The van der Waals surface area contributed by atoms with E-state index in [1.165, 1.54) is 9.87 Å². The number of fused-ring (bicyclic) bond motifs is 1. The first-order chi connectivity index (χ1) is 16.8. The number of methoxy groups -OCH3 is 1. The van der Waals surface area contributed by atoms with Gasteiger partial charge in [0, 0.05) is 45.2 Å². The van der Waals surface area contributed by atoms with E-state index in [4.69, 9.17) is 21.3 Å². The topological polar surface area (TPSA) is 83.0 Å². The molecular formula is C23H27ClN4O4S3. The van der Waals surface area contributed by atoms with E-state index in [0.29, 0.717) is 43.4 Å². The van der Waals surface area contributed by atoms with Crippen molar-refractivity contribution in [1.29, 1.82) is 0 Å². The van der Waals surface area contributed by atoms with Crippen molar-refractivity contribution in [2.75, 3.05) is 51.3 Å². The number of carbonyl (C=O) groups excluding carboxylic acids is 1. The van der Waals surface area contributed by atoms with Crippen LogP contribution in [0.3, 0.4) is 0 Å². The molecule has 0 N–H and O–H groups in total. The highest BCUT2D eigenvalue weighted by Gasteiger charge is 2.35. The molecule has 0 atom stereocenters. The number of thiazole rings is 1. The molecule has 5 rings (SSSR count). The standard InChI is InChI=1S/C23H27ClN4O4S3/c1-15-3-4-17(32-2)20-21(15)34-23(25-20)27-13-11-26(12-14-27)22(29)16-7-9-28(10-8-16)35(30,31)19-6-5-18(24)33-19/h3-6,16H,7-14H2,1-2H3. The fourth-order valence-corrected chi connectivity index (χ4v) is 8.89. The van der Waals surface area contributed by atoms with Crippen LogP contribution in [0.5, 0.6) is 5.75 Å². The summed E-state index contributed by atoms with van der Waals surface area (Å²) in [5.41, 5.74) is 2.06. The number of piperazine rings is 1. The second kappa shape index (κ2) is 9.85. The SMILES string of the molecule is COc1ccc(C)c2sc(N3CCN(C(=O)C4CCN(S(=O)(=O)c5ccc(Cl)s5)CC4)CC3)nc12. The Kier molecular flexibility index (Phi) is 6.97. The van der Waals surface area contributed by atoms with Gasteiger partial charge in [0.2, 0.25) is 5.91 Å². The number of nitrogens with zero attached hydrogens (tertiary/aromatic N) is 4. The quantitative estimate of drug-likeness (QED) is 0.473. The van der Waals surface area contributed by atoms with E-state index < -0.39 is 10.0 Å². The number of halogens is 1. The summed E-state index contributed by atoms with van der Waals surface area (Å²) >= 11 is 8.65. The van der Waals surface area contributed by atoms with E-state index in [1.54, 1.807) is 30.6 Å². The van der Waals surface area contributed by atoms with Crippen LogP contribution in [-0.2, 0) is 14.8 Å². The smallest absolute Gasteiger partial charge is 0.252 e. The highest BCUT2D eigenvalue weighted by molar-refractivity contribution is 7.91. The van der Waals surface area contributed by atoms with Crippen LogP contribution in [0.15, 0.2) is 28.5 Å². The van der Waals surface area contributed by atoms with Crippen molar-refractivity contribution in [3.05, 3.63) is 34.2 Å². The number of thiophene rings is 1. The molecule has 2 aliphatic heterocycles. The number of sulfonamides is 1. The summed E-state index contributed by atoms with van der Waals surface area (Å²) in [7, 11) is -1.89. The van der Waals surface area contributed by atoms with Gasteiger partial charge >= 0.3 is 0 Å². The van der Waals surface area contributed by atoms with Crippen LogP contribution < -0.4 is 9.64 Å². The van der Waals surface area contributed by atoms with Gasteiger partial charge in [-0.15, -0.1) is 11.3 Å². The second-order valence-electron chi connectivity index (χ2n) is 8.81. The minimum atomic E-state index is -3.55. The van der Waals surface area contributed by atoms with Crippen molar-refractivity contribution in [3.8, 4) is 5.75 Å². The Bertz CT molecular complexity index is 1340. The maximum atomic E-state index is 13.2. The van der Waals surface area contributed by atoms with Gasteiger partial charge in [-0.2, -0.15) is 4.31 Å². The molecule has 1 aromatic carbocycles. The zero-order valence-electron chi connectivity index (χ0n) is 19.6. The van der Waals surface area contributed by atoms with E-state index in [2.05, 4.69) is 11.8 Å². The molecule has 0 spiro atoms. The maximum Gasteiger partial charge on any atom is 0.252 e. The molecule has 4 heterocycles. The predicted octanol–water partition coefficient (Wildman–Crippen LogP) is 4.08. The van der Waals surface area contributed by atoms with Crippen LogP contribution in [-0.4, -0.2) is 74.9 Å². The van der Waals surface area contributed by atoms with Crippen LogP contribution in [0.25, 0.3) is 10.2 Å². The summed E-state index contributed by atoms with van der Waals surface area (Å²) < 4.78 is 34.5. The fraction of sp³-hybridized carbons (Fsp3) is 0.478. The normalized spacial score (nSPS) is 18.4. The Labute approximate surface area is 218 Å². The minimum absolute atomic E-state index is 0.127. The van der Waals surface area contributed by atoms with Crippen LogP contribution in [0.1, 0.15) is 18.4 Å². The Morgan fingerprint density at radius 3 is 2.40 bits per heavy atom. The van der Waals surface area contributed by atoms with Crippen LogP contribution >= 0.6 is 34.3 Å². The molecule has 0 bridgehead atoms. The van der Waals surface area contributed by atoms with E-state index in [0.717, 1.165) is 45.5 Å². The molecule has 0 saturated carbocycles. The summed E-state index contributed by atoms with van der Waals surface area (Å²) in [5.74, 6) is 0.759. The first-order valence-electron chi connectivity index (χ1n) is 11.5. The molecule has 3 aromatic rings. The lowest BCUT2D eigenvalue weighted by molar-refractivity contribution is -0.137. The van der Waals surface area contributed by atoms with E-state index in [9.17, 15) is 13.2 Å². The Hall–Kier alpha value is -1.92. The summed E-state index contributed by atoms with van der Waals surface area (Å²) in [6.45, 7) is 5.49. The minimum Gasteiger partial charge on any atom is -0.494 e. The Morgan fingerprint density at radius 1 is 1.06 bits per heavy atom. The van der Waals surface area contributed by atoms with Gasteiger partial charge in [-0.3, -0.25) is 4.79 Å². The van der Waals surface area contributed by atoms with Crippen LogP contribution in [0.4, 0.5) is 5.13 Å². The van der Waals surface area contributed by atoms with E-state index in [1.807, 2.05) is 17.0 Å². The van der Waals surface area contributed by atoms with Gasteiger partial charge in [0.25, 0.3) is 10.0 Å². The number of rotatable bonds is 5.